The minimum absolute atomic E-state index is 0.639. The molecule has 0 N–H and O–H groups in total. The molecule has 0 bridgehead atoms. The number of imidazole rings is 1. The lowest BCUT2D eigenvalue weighted by Crippen LogP contribution is -2.32. The van der Waals surface area contributed by atoms with Crippen molar-refractivity contribution in [1.82, 2.24) is 9.55 Å². The lowest BCUT2D eigenvalue weighted by molar-refractivity contribution is -0.633. The van der Waals surface area contributed by atoms with E-state index in [1.807, 2.05) is 0 Å². The van der Waals surface area contributed by atoms with Crippen molar-refractivity contribution >= 4 is 21.9 Å². The van der Waals surface area contributed by atoms with Gasteiger partial charge in [0, 0.05) is 23.9 Å². The van der Waals surface area contributed by atoms with Gasteiger partial charge in [-0.2, -0.15) is 4.57 Å². The summed E-state index contributed by atoms with van der Waals surface area (Å²) < 4.78 is 4.73. The molecule has 3 nitrogen and oxygen atoms in total. The molecule has 0 unspecified atom stereocenters. The number of pyridine rings is 1. The number of benzene rings is 3. The summed E-state index contributed by atoms with van der Waals surface area (Å²) in [4.78, 5) is 5.07. The normalized spacial score (nSPS) is 12.7. The Kier molecular flexibility index (Phi) is 4.45. The van der Waals surface area contributed by atoms with Gasteiger partial charge >= 0.3 is 0 Å². The van der Waals surface area contributed by atoms with Crippen LogP contribution in [-0.4, -0.2) is 9.55 Å². The van der Waals surface area contributed by atoms with Crippen LogP contribution in [-0.2, 0) is 19.9 Å². The van der Waals surface area contributed by atoms with Gasteiger partial charge in [-0.15, -0.1) is 0 Å². The van der Waals surface area contributed by atoms with Crippen LogP contribution in [0.3, 0.4) is 0 Å². The lowest BCUT2D eigenvalue weighted by Gasteiger charge is -2.13. The second kappa shape index (κ2) is 7.28. The molecule has 0 aliphatic carbocycles. The summed E-state index contributed by atoms with van der Waals surface area (Å²) in [5.74, 6) is 1.78. The number of fused-ring (bicyclic) bond motifs is 6. The summed E-state index contributed by atoms with van der Waals surface area (Å²) >= 11 is 0. The van der Waals surface area contributed by atoms with Crippen LogP contribution in [0, 0.1) is 19.8 Å². The maximum atomic E-state index is 5.07. The summed E-state index contributed by atoms with van der Waals surface area (Å²) in [6.07, 6.45) is 2.00. The second-order valence-electron chi connectivity index (χ2n) is 9.94. The molecular weight excluding hydrogens is 402 g/mol. The van der Waals surface area contributed by atoms with Crippen LogP contribution in [0.4, 0.5) is 0 Å². The molecule has 0 amide bonds. The molecule has 1 aliphatic heterocycles. The first kappa shape index (κ1) is 20.2. The fraction of sp³-hybridized carbons (Fsp3) is 0.267. The van der Waals surface area contributed by atoms with Crippen LogP contribution >= 0.6 is 0 Å². The Morgan fingerprint density at radius 2 is 1.79 bits per heavy atom. The van der Waals surface area contributed by atoms with Gasteiger partial charge in [0.25, 0.3) is 0 Å². The Bertz CT molecular complexity index is 1570. The number of nitrogens with zero attached hydrogens (tertiary/aromatic N) is 3. The lowest BCUT2D eigenvalue weighted by atomic mass is 9.95. The van der Waals surface area contributed by atoms with Crippen molar-refractivity contribution in [2.45, 2.75) is 40.5 Å². The largest absolute Gasteiger partial charge is 0.296 e. The van der Waals surface area contributed by atoms with E-state index in [1.54, 1.807) is 0 Å². The van der Waals surface area contributed by atoms with Gasteiger partial charge < -0.3 is 0 Å². The number of aromatic nitrogens is 3. The standard InChI is InChI=1S/C30H30N3/c1-18(2)15-21-10-8-12-26-23(21)13-14-27(32(26)5)24-17-28-30(20(4)19(24)3)31-29-16-22-9-6-7-11-25(22)33(28)29/h6-14,17-18H,15-16H2,1-5H3/q+1. The van der Waals surface area contributed by atoms with E-state index < -0.39 is 0 Å². The highest BCUT2D eigenvalue weighted by Crippen LogP contribution is 2.37. The molecule has 5 aromatic rings. The third kappa shape index (κ3) is 2.95. The summed E-state index contributed by atoms with van der Waals surface area (Å²) in [5.41, 5.74) is 12.8. The molecule has 0 atom stereocenters. The Morgan fingerprint density at radius 3 is 2.61 bits per heavy atom. The summed E-state index contributed by atoms with van der Waals surface area (Å²) in [7, 11) is 2.20. The maximum absolute atomic E-state index is 5.07. The van der Waals surface area contributed by atoms with Crippen LogP contribution < -0.4 is 4.57 Å². The van der Waals surface area contributed by atoms with Crippen molar-refractivity contribution in [3.8, 4) is 16.9 Å². The minimum atomic E-state index is 0.639. The average molecular weight is 433 g/mol. The number of aryl methyl sites for hydroxylation is 2. The van der Waals surface area contributed by atoms with Gasteiger partial charge in [-0.25, -0.2) is 4.98 Å². The van der Waals surface area contributed by atoms with Crippen molar-refractivity contribution in [3.05, 3.63) is 88.7 Å². The molecule has 33 heavy (non-hydrogen) atoms. The topological polar surface area (TPSA) is 21.7 Å². The molecule has 3 aromatic carbocycles. The fourth-order valence-corrected chi connectivity index (χ4v) is 5.59. The van der Waals surface area contributed by atoms with E-state index in [9.17, 15) is 0 Å². The first-order chi connectivity index (χ1) is 15.9. The van der Waals surface area contributed by atoms with E-state index in [2.05, 4.69) is 105 Å². The van der Waals surface area contributed by atoms with Gasteiger partial charge in [0.2, 0.25) is 11.2 Å². The van der Waals surface area contributed by atoms with E-state index in [0.29, 0.717) is 5.92 Å². The van der Waals surface area contributed by atoms with Gasteiger partial charge in [0.1, 0.15) is 12.9 Å². The van der Waals surface area contributed by atoms with Crippen LogP contribution in [0.2, 0.25) is 0 Å². The first-order valence-electron chi connectivity index (χ1n) is 11.9. The minimum Gasteiger partial charge on any atom is -0.296 e. The van der Waals surface area contributed by atoms with E-state index in [1.165, 1.54) is 55.6 Å². The number of rotatable bonds is 3. The molecule has 0 saturated heterocycles. The summed E-state index contributed by atoms with van der Waals surface area (Å²) in [5, 5.41) is 1.35. The molecule has 164 valence electrons. The van der Waals surface area contributed by atoms with Crippen LogP contribution in [0.15, 0.2) is 60.7 Å². The molecule has 0 saturated carbocycles. The zero-order valence-electron chi connectivity index (χ0n) is 20.1. The number of para-hydroxylation sites is 1. The average Bonchev–Trinajstić information content (AvgIpc) is 3.33. The Labute approximate surface area is 195 Å². The molecule has 0 fully saturated rings. The quantitative estimate of drug-likeness (QED) is 0.297. The monoisotopic (exact) mass is 432 g/mol. The van der Waals surface area contributed by atoms with Gasteiger partial charge in [0.15, 0.2) is 0 Å². The van der Waals surface area contributed by atoms with Gasteiger partial charge in [-0.3, -0.25) is 4.57 Å². The van der Waals surface area contributed by atoms with Crippen molar-refractivity contribution in [1.29, 1.82) is 0 Å². The summed E-state index contributed by atoms with van der Waals surface area (Å²) in [6, 6.07) is 22.4. The van der Waals surface area contributed by atoms with Crippen molar-refractivity contribution in [2.75, 3.05) is 0 Å². The predicted octanol–water partition coefficient (Wildman–Crippen LogP) is 6.39. The van der Waals surface area contributed by atoms with Crippen LogP contribution in [0.5, 0.6) is 0 Å². The van der Waals surface area contributed by atoms with E-state index >= 15 is 0 Å². The van der Waals surface area contributed by atoms with Crippen LogP contribution in [0.25, 0.3) is 38.9 Å². The highest BCUT2D eigenvalue weighted by atomic mass is 15.1. The molecule has 0 spiro atoms. The predicted molar refractivity (Wildman–Crippen MR) is 136 cm³/mol. The molecule has 3 heterocycles. The van der Waals surface area contributed by atoms with Crippen molar-refractivity contribution in [2.24, 2.45) is 13.0 Å². The van der Waals surface area contributed by atoms with Crippen molar-refractivity contribution in [3.63, 3.8) is 0 Å². The Balaban J connectivity index is 1.60. The van der Waals surface area contributed by atoms with E-state index in [-0.39, 0.29) is 0 Å². The molecule has 3 heteroatoms. The van der Waals surface area contributed by atoms with Gasteiger partial charge in [0.05, 0.1) is 22.3 Å². The smallest absolute Gasteiger partial charge is 0.213 e. The molecule has 1 aliphatic rings. The van der Waals surface area contributed by atoms with E-state index in [0.717, 1.165) is 24.2 Å². The maximum Gasteiger partial charge on any atom is 0.213 e. The molecular formula is C30H30N3+. The second-order valence-corrected chi connectivity index (χ2v) is 9.94. The molecule has 0 radical (unpaired) electrons. The molecule has 6 rings (SSSR count). The zero-order valence-corrected chi connectivity index (χ0v) is 20.1. The highest BCUT2D eigenvalue weighted by molar-refractivity contribution is 5.90. The molecule has 2 aromatic heterocycles. The number of hydrogen-bond donors (Lipinski definition) is 0. The Hall–Kier alpha value is -3.46. The third-order valence-corrected chi connectivity index (χ3v) is 7.37. The first-order valence-corrected chi connectivity index (χ1v) is 11.9. The highest BCUT2D eigenvalue weighted by Gasteiger charge is 2.26. The fourth-order valence-electron chi connectivity index (χ4n) is 5.59. The SMILES string of the molecule is Cc1c(-c2ccc3c(CC(C)C)cccc3[n+]2C)cc2c(nc3n2-c2ccccc2C3)c1C. The summed E-state index contributed by atoms with van der Waals surface area (Å²) in [6.45, 7) is 9.03. The van der Waals surface area contributed by atoms with Crippen LogP contribution in [0.1, 0.15) is 41.9 Å². The van der Waals surface area contributed by atoms with Crippen molar-refractivity contribution < 1.29 is 4.57 Å². The third-order valence-electron chi connectivity index (χ3n) is 7.37. The van der Waals surface area contributed by atoms with Gasteiger partial charge in [-0.05, 0) is 66.6 Å². The zero-order chi connectivity index (χ0) is 22.9. The van der Waals surface area contributed by atoms with E-state index in [4.69, 9.17) is 4.98 Å². The Morgan fingerprint density at radius 1 is 0.970 bits per heavy atom. The number of hydrogen-bond acceptors (Lipinski definition) is 1. The van der Waals surface area contributed by atoms with Gasteiger partial charge in [-0.1, -0.05) is 44.2 Å².